The van der Waals surface area contributed by atoms with E-state index in [9.17, 15) is 18.0 Å². The molecule has 2 amide bonds. The quantitative estimate of drug-likeness (QED) is 0.339. The van der Waals surface area contributed by atoms with Crippen LogP contribution in [0.1, 0.15) is 43.9 Å². The lowest BCUT2D eigenvalue weighted by Gasteiger charge is -2.33. The zero-order valence-corrected chi connectivity index (χ0v) is 24.9. The summed E-state index contributed by atoms with van der Waals surface area (Å²) in [6.07, 6.45) is 0.737. The summed E-state index contributed by atoms with van der Waals surface area (Å²) in [5, 5.41) is 2.94. The number of ether oxygens (including phenoxy) is 1. The molecule has 3 rings (SSSR count). The van der Waals surface area contributed by atoms with Gasteiger partial charge in [-0.15, -0.1) is 0 Å². The molecule has 0 unspecified atom stereocenters. The van der Waals surface area contributed by atoms with Crippen LogP contribution in [0.3, 0.4) is 0 Å². The smallest absolute Gasteiger partial charge is 0.264 e. The molecule has 2 atom stereocenters. The van der Waals surface area contributed by atoms with Crippen LogP contribution in [0.15, 0.2) is 77.7 Å². The number of hydrogen-bond donors (Lipinski definition) is 1. The van der Waals surface area contributed by atoms with Crippen LogP contribution < -0.4 is 14.4 Å². The Hall–Kier alpha value is -3.85. The maximum atomic E-state index is 14.0. The zero-order chi connectivity index (χ0) is 29.4. The minimum atomic E-state index is -4.10. The molecule has 0 saturated heterocycles. The van der Waals surface area contributed by atoms with Gasteiger partial charge in [0.2, 0.25) is 11.8 Å². The van der Waals surface area contributed by atoms with E-state index in [1.807, 2.05) is 39.0 Å². The van der Waals surface area contributed by atoms with E-state index in [1.54, 1.807) is 63.4 Å². The second kappa shape index (κ2) is 13.5. The Labute approximate surface area is 238 Å². The second-order valence-electron chi connectivity index (χ2n) is 9.97. The number of nitrogens with one attached hydrogen (secondary N) is 1. The van der Waals surface area contributed by atoms with Crippen molar-refractivity contribution >= 4 is 27.5 Å². The van der Waals surface area contributed by atoms with Crippen molar-refractivity contribution in [2.24, 2.45) is 0 Å². The van der Waals surface area contributed by atoms with Crippen molar-refractivity contribution in [3.8, 4) is 5.75 Å². The summed E-state index contributed by atoms with van der Waals surface area (Å²) >= 11 is 0. The number of nitrogens with zero attached hydrogens (tertiary/aromatic N) is 2. The maximum absolute atomic E-state index is 14.0. The first-order chi connectivity index (χ1) is 19.0. The van der Waals surface area contributed by atoms with E-state index in [0.29, 0.717) is 17.0 Å². The average Bonchev–Trinajstić information content (AvgIpc) is 2.95. The molecule has 0 radical (unpaired) electrons. The van der Waals surface area contributed by atoms with Gasteiger partial charge >= 0.3 is 0 Å². The van der Waals surface area contributed by atoms with Crippen LogP contribution in [0, 0.1) is 13.8 Å². The van der Waals surface area contributed by atoms with Gasteiger partial charge in [0, 0.05) is 12.6 Å². The van der Waals surface area contributed by atoms with Crippen molar-refractivity contribution in [2.75, 3.05) is 18.0 Å². The van der Waals surface area contributed by atoms with Crippen molar-refractivity contribution < 1.29 is 22.7 Å². The van der Waals surface area contributed by atoms with Crippen molar-refractivity contribution in [3.63, 3.8) is 0 Å². The first-order valence-electron chi connectivity index (χ1n) is 13.4. The Morgan fingerprint density at radius 2 is 1.55 bits per heavy atom. The number of carbonyl (C=O) groups is 2. The van der Waals surface area contributed by atoms with Crippen LogP contribution in [0.5, 0.6) is 5.75 Å². The summed E-state index contributed by atoms with van der Waals surface area (Å²) in [5.74, 6) is -0.138. The molecule has 214 valence electrons. The molecule has 0 aromatic heterocycles. The lowest BCUT2D eigenvalue weighted by atomic mass is 10.1. The van der Waals surface area contributed by atoms with Gasteiger partial charge in [-0.05, 0) is 75.6 Å². The average molecular weight is 566 g/mol. The van der Waals surface area contributed by atoms with Gasteiger partial charge in [-0.2, -0.15) is 0 Å². The SMILES string of the molecule is CC[C@H](C)NC(=O)[C@H](C)N(Cc1ccc(OC)cc1)C(=O)CN(c1ccccc1C)S(=O)(=O)c1ccc(C)cc1. The standard InChI is InChI=1S/C31H39N3O5S/c1-7-24(4)32-31(36)25(5)33(20-26-14-16-27(39-6)17-15-26)30(35)21-34(29-11-9-8-10-23(29)3)40(37,38)28-18-12-22(2)13-19-28/h8-19,24-25H,7,20-21H2,1-6H3,(H,32,36)/t24-,25-/m0/s1. The number of benzene rings is 3. The Balaban J connectivity index is 2.03. The summed E-state index contributed by atoms with van der Waals surface area (Å²) in [5.41, 5.74) is 2.80. The van der Waals surface area contributed by atoms with E-state index >= 15 is 0 Å². The van der Waals surface area contributed by atoms with E-state index < -0.39 is 28.5 Å². The monoisotopic (exact) mass is 565 g/mol. The van der Waals surface area contributed by atoms with E-state index in [0.717, 1.165) is 21.9 Å². The fraction of sp³-hybridized carbons (Fsp3) is 0.355. The zero-order valence-electron chi connectivity index (χ0n) is 24.0. The number of rotatable bonds is 12. The van der Waals surface area contributed by atoms with Gasteiger partial charge in [-0.3, -0.25) is 13.9 Å². The molecule has 0 heterocycles. The van der Waals surface area contributed by atoms with E-state index in [4.69, 9.17) is 4.74 Å². The molecule has 0 aliphatic carbocycles. The van der Waals surface area contributed by atoms with Gasteiger partial charge in [0.25, 0.3) is 10.0 Å². The largest absolute Gasteiger partial charge is 0.497 e. The number of carbonyl (C=O) groups excluding carboxylic acids is 2. The third kappa shape index (κ3) is 7.41. The fourth-order valence-corrected chi connectivity index (χ4v) is 5.65. The first-order valence-corrected chi connectivity index (χ1v) is 14.8. The van der Waals surface area contributed by atoms with E-state index in [2.05, 4.69) is 5.32 Å². The lowest BCUT2D eigenvalue weighted by Crippen LogP contribution is -2.52. The molecule has 3 aromatic rings. The highest BCUT2D eigenvalue weighted by Crippen LogP contribution is 2.27. The molecular weight excluding hydrogens is 526 g/mol. The highest BCUT2D eigenvalue weighted by Gasteiger charge is 2.33. The van der Waals surface area contributed by atoms with Gasteiger partial charge in [-0.1, -0.05) is 55.0 Å². The van der Waals surface area contributed by atoms with Crippen LogP contribution in [-0.4, -0.2) is 50.9 Å². The highest BCUT2D eigenvalue weighted by atomic mass is 32.2. The molecule has 0 aliphatic rings. The van der Waals surface area contributed by atoms with Gasteiger partial charge in [0.05, 0.1) is 17.7 Å². The molecule has 3 aromatic carbocycles. The molecule has 1 N–H and O–H groups in total. The molecule has 0 bridgehead atoms. The molecule has 8 nitrogen and oxygen atoms in total. The Morgan fingerprint density at radius 3 is 2.12 bits per heavy atom. The summed E-state index contributed by atoms with van der Waals surface area (Å²) < 4.78 is 34.2. The maximum Gasteiger partial charge on any atom is 0.264 e. The molecule has 9 heteroatoms. The van der Waals surface area contributed by atoms with Crippen LogP contribution in [0.25, 0.3) is 0 Å². The normalized spacial score (nSPS) is 12.8. The molecule has 0 fully saturated rings. The minimum Gasteiger partial charge on any atom is -0.497 e. The summed E-state index contributed by atoms with van der Waals surface area (Å²) in [4.78, 5) is 28.7. The number of methoxy groups -OCH3 is 1. The van der Waals surface area contributed by atoms with Crippen molar-refractivity contribution in [1.82, 2.24) is 10.2 Å². The summed E-state index contributed by atoms with van der Waals surface area (Å²) in [7, 11) is -2.53. The fourth-order valence-electron chi connectivity index (χ4n) is 4.17. The van der Waals surface area contributed by atoms with Crippen molar-refractivity contribution in [2.45, 2.75) is 64.6 Å². The van der Waals surface area contributed by atoms with Crippen LogP contribution in [-0.2, 0) is 26.2 Å². The number of amides is 2. The van der Waals surface area contributed by atoms with Gasteiger partial charge in [-0.25, -0.2) is 8.42 Å². The highest BCUT2D eigenvalue weighted by molar-refractivity contribution is 7.92. The Morgan fingerprint density at radius 1 is 0.925 bits per heavy atom. The third-order valence-electron chi connectivity index (χ3n) is 6.95. The summed E-state index contributed by atoms with van der Waals surface area (Å²) in [6.45, 7) is 8.84. The predicted molar refractivity (Wildman–Crippen MR) is 158 cm³/mol. The molecule has 0 saturated carbocycles. The number of aryl methyl sites for hydroxylation is 2. The molecule has 0 spiro atoms. The number of sulfonamides is 1. The predicted octanol–water partition coefficient (Wildman–Crippen LogP) is 4.84. The van der Waals surface area contributed by atoms with Crippen molar-refractivity contribution in [1.29, 1.82) is 0 Å². The third-order valence-corrected chi connectivity index (χ3v) is 8.73. The lowest BCUT2D eigenvalue weighted by molar-refractivity contribution is -0.139. The first kappa shape index (κ1) is 30.7. The van der Waals surface area contributed by atoms with Crippen molar-refractivity contribution in [3.05, 3.63) is 89.5 Å². The van der Waals surface area contributed by atoms with Crippen LogP contribution in [0.2, 0.25) is 0 Å². The molecule has 40 heavy (non-hydrogen) atoms. The van der Waals surface area contributed by atoms with Crippen LogP contribution in [0.4, 0.5) is 5.69 Å². The Bertz CT molecular complexity index is 1410. The summed E-state index contributed by atoms with van der Waals surface area (Å²) in [6, 6.07) is 19.8. The Kier molecular flexibility index (Phi) is 10.3. The van der Waals surface area contributed by atoms with Crippen LogP contribution >= 0.6 is 0 Å². The second-order valence-corrected chi connectivity index (χ2v) is 11.8. The molecular formula is C31H39N3O5S. The van der Waals surface area contributed by atoms with Gasteiger partial charge < -0.3 is 15.0 Å². The van der Waals surface area contributed by atoms with Gasteiger partial charge in [0.1, 0.15) is 18.3 Å². The van der Waals surface area contributed by atoms with E-state index in [-0.39, 0.29) is 23.4 Å². The topological polar surface area (TPSA) is 96.0 Å². The minimum absolute atomic E-state index is 0.0710. The number of hydrogen-bond acceptors (Lipinski definition) is 5. The van der Waals surface area contributed by atoms with E-state index in [1.165, 1.54) is 17.0 Å². The number of para-hydroxylation sites is 1. The molecule has 0 aliphatic heterocycles. The van der Waals surface area contributed by atoms with Gasteiger partial charge in [0.15, 0.2) is 0 Å². The number of anilines is 1.